The summed E-state index contributed by atoms with van der Waals surface area (Å²) in [7, 11) is 0. The molecule has 2 aromatic rings. The summed E-state index contributed by atoms with van der Waals surface area (Å²) in [5, 5.41) is 0. The third-order valence-corrected chi connectivity index (χ3v) is 7.83. The number of benzene rings is 1. The maximum atomic E-state index is 14.1. The highest BCUT2D eigenvalue weighted by Gasteiger charge is 2.47. The predicted octanol–water partition coefficient (Wildman–Crippen LogP) is 6.53. The molecule has 0 radical (unpaired) electrons. The van der Waals surface area contributed by atoms with Crippen molar-refractivity contribution in [2.45, 2.75) is 77.8 Å². The molecule has 5 nitrogen and oxygen atoms in total. The molecule has 1 aromatic carbocycles. The number of nitrogens with zero attached hydrogens (tertiary/aromatic N) is 4. The van der Waals surface area contributed by atoms with Crippen molar-refractivity contribution in [2.24, 2.45) is 5.92 Å². The van der Waals surface area contributed by atoms with Crippen LogP contribution in [0.2, 0.25) is 0 Å². The summed E-state index contributed by atoms with van der Waals surface area (Å²) >= 11 is 0. The Hall–Kier alpha value is -2.34. The molecule has 3 saturated heterocycles. The molecule has 4 heterocycles. The monoisotopic (exact) mass is 496 g/mol. The van der Waals surface area contributed by atoms with Crippen LogP contribution in [-0.4, -0.2) is 56.5 Å². The van der Waals surface area contributed by atoms with Crippen LogP contribution in [0.1, 0.15) is 65.7 Å². The average molecular weight is 497 g/mol. The number of ether oxygens (including phenoxy) is 1. The second kappa shape index (κ2) is 13.3. The van der Waals surface area contributed by atoms with Gasteiger partial charge in [-0.1, -0.05) is 26.8 Å². The zero-order valence-electron chi connectivity index (χ0n) is 22.5. The van der Waals surface area contributed by atoms with Gasteiger partial charge in [0, 0.05) is 68.9 Å². The maximum absolute atomic E-state index is 14.1. The largest absolute Gasteiger partial charge is 0.381 e. The number of halogens is 1. The Bertz CT molecular complexity index is 935. The van der Waals surface area contributed by atoms with Crippen LogP contribution in [0.4, 0.5) is 21.6 Å². The molecule has 0 N–H and O–H groups in total. The number of fused-ring (bicyclic) bond motifs is 1. The van der Waals surface area contributed by atoms with Crippen molar-refractivity contribution >= 4 is 17.2 Å². The molecular formula is C30H45FN4O. The van der Waals surface area contributed by atoms with E-state index < -0.39 is 0 Å². The summed E-state index contributed by atoms with van der Waals surface area (Å²) in [6.07, 6.45) is 10.2. The molecule has 3 aliphatic heterocycles. The summed E-state index contributed by atoms with van der Waals surface area (Å²) in [6, 6.07) is 12.3. The van der Waals surface area contributed by atoms with Gasteiger partial charge in [-0.05, 0) is 69.2 Å². The van der Waals surface area contributed by atoms with Gasteiger partial charge in [0.05, 0.1) is 12.1 Å². The van der Waals surface area contributed by atoms with E-state index in [-0.39, 0.29) is 5.82 Å². The Balaban J connectivity index is 0.00000148. The van der Waals surface area contributed by atoms with Gasteiger partial charge in [0.1, 0.15) is 11.6 Å². The van der Waals surface area contributed by atoms with Crippen LogP contribution in [0.15, 0.2) is 42.6 Å². The van der Waals surface area contributed by atoms with Gasteiger partial charge < -0.3 is 19.4 Å². The van der Waals surface area contributed by atoms with E-state index >= 15 is 0 Å². The molecular weight excluding hydrogens is 451 g/mol. The van der Waals surface area contributed by atoms with Crippen LogP contribution in [-0.2, 0) is 4.74 Å². The first-order valence-corrected chi connectivity index (χ1v) is 14.3. The lowest BCUT2D eigenvalue weighted by atomic mass is 9.88. The number of pyridine rings is 1. The minimum atomic E-state index is -0.159. The lowest BCUT2D eigenvalue weighted by molar-refractivity contribution is 0.119. The van der Waals surface area contributed by atoms with Gasteiger partial charge in [-0.25, -0.2) is 9.37 Å². The van der Waals surface area contributed by atoms with Crippen molar-refractivity contribution in [1.82, 2.24) is 4.98 Å². The molecule has 3 aliphatic rings. The van der Waals surface area contributed by atoms with Crippen molar-refractivity contribution in [1.29, 1.82) is 0 Å². The Morgan fingerprint density at radius 1 is 0.944 bits per heavy atom. The van der Waals surface area contributed by atoms with E-state index in [1.165, 1.54) is 31.0 Å². The van der Waals surface area contributed by atoms with E-state index in [9.17, 15) is 4.39 Å². The van der Waals surface area contributed by atoms with Crippen molar-refractivity contribution in [3.63, 3.8) is 0 Å². The lowest BCUT2D eigenvalue weighted by Crippen LogP contribution is -2.52. The molecule has 3 atom stereocenters. The van der Waals surface area contributed by atoms with Crippen LogP contribution in [0.25, 0.3) is 0 Å². The molecule has 0 aliphatic carbocycles. The Kier molecular flexibility index (Phi) is 9.85. The Labute approximate surface area is 217 Å². The molecule has 198 valence electrons. The first-order chi connectivity index (χ1) is 17.7. The molecule has 0 spiro atoms. The fourth-order valence-electron chi connectivity index (χ4n) is 6.28. The van der Waals surface area contributed by atoms with E-state index in [0.29, 0.717) is 18.0 Å². The lowest BCUT2D eigenvalue weighted by Gasteiger charge is -2.43. The number of rotatable bonds is 8. The quantitative estimate of drug-likeness (QED) is 0.388. The fourth-order valence-corrected chi connectivity index (χ4v) is 6.28. The summed E-state index contributed by atoms with van der Waals surface area (Å²) in [5.41, 5.74) is 2.31. The Morgan fingerprint density at radius 2 is 1.78 bits per heavy atom. The molecule has 1 aromatic heterocycles. The van der Waals surface area contributed by atoms with Crippen molar-refractivity contribution in [3.8, 4) is 0 Å². The number of hydrogen-bond donors (Lipinski definition) is 0. The fraction of sp³-hybridized carbons (Fsp3) is 0.633. The first-order valence-electron chi connectivity index (χ1n) is 14.3. The Morgan fingerprint density at radius 3 is 2.56 bits per heavy atom. The topological polar surface area (TPSA) is 31.8 Å². The van der Waals surface area contributed by atoms with Crippen LogP contribution < -0.4 is 14.7 Å². The van der Waals surface area contributed by atoms with Gasteiger partial charge in [0.2, 0.25) is 0 Å². The molecule has 0 saturated carbocycles. The minimum Gasteiger partial charge on any atom is -0.381 e. The molecule has 0 unspecified atom stereocenters. The number of anilines is 3. The van der Waals surface area contributed by atoms with Gasteiger partial charge in [0.25, 0.3) is 0 Å². The number of piperidine rings is 2. The molecule has 0 bridgehead atoms. The van der Waals surface area contributed by atoms with Crippen molar-refractivity contribution in [2.75, 3.05) is 54.1 Å². The highest BCUT2D eigenvalue weighted by atomic mass is 19.1. The summed E-state index contributed by atoms with van der Waals surface area (Å²) in [6.45, 7) is 12.0. The third-order valence-electron chi connectivity index (χ3n) is 7.83. The van der Waals surface area contributed by atoms with E-state index in [1.807, 2.05) is 26.1 Å². The summed E-state index contributed by atoms with van der Waals surface area (Å²) in [4.78, 5) is 12.4. The highest BCUT2D eigenvalue weighted by Crippen LogP contribution is 2.41. The normalized spacial score (nSPS) is 23.8. The summed E-state index contributed by atoms with van der Waals surface area (Å²) in [5.74, 6) is 1.40. The van der Waals surface area contributed by atoms with Gasteiger partial charge >= 0.3 is 0 Å². The van der Waals surface area contributed by atoms with Gasteiger partial charge in [0.15, 0.2) is 0 Å². The molecule has 6 heteroatoms. The third kappa shape index (κ3) is 6.13. The second-order valence-corrected chi connectivity index (χ2v) is 10.1. The van der Waals surface area contributed by atoms with Crippen LogP contribution in [0.3, 0.4) is 0 Å². The van der Waals surface area contributed by atoms with E-state index in [1.54, 1.807) is 6.07 Å². The molecule has 36 heavy (non-hydrogen) atoms. The first kappa shape index (κ1) is 26.7. The standard InChI is InChI=1S/C28H39FN4O.C2H6/c1-2-17-34-18-12-22-21-33(27-20-24(11-13-30-27)31-14-4-3-5-15-31)26-10-7-16-32(28(22)26)25-9-6-8-23(29)19-25;1-2/h6,8-9,11,13,19-20,22,26,28H,2-5,7,10,12,14-18,21H2,1H3;1-2H3/t22-,26-,28-;/m0./s1. The molecule has 5 rings (SSSR count). The zero-order valence-corrected chi connectivity index (χ0v) is 22.5. The maximum Gasteiger partial charge on any atom is 0.130 e. The SMILES string of the molecule is CC.CCCOCC[C@H]1CN(c2cc(N3CCCCC3)ccn2)[C@H]2CCCN(c3cccc(F)c3)[C@@H]12. The molecule has 3 fully saturated rings. The zero-order chi connectivity index (χ0) is 25.3. The van der Waals surface area contributed by atoms with Crippen molar-refractivity contribution < 1.29 is 9.13 Å². The smallest absolute Gasteiger partial charge is 0.130 e. The highest BCUT2D eigenvalue weighted by molar-refractivity contribution is 5.58. The van der Waals surface area contributed by atoms with Crippen LogP contribution >= 0.6 is 0 Å². The summed E-state index contributed by atoms with van der Waals surface area (Å²) < 4.78 is 20.0. The average Bonchev–Trinajstić information content (AvgIpc) is 3.32. The predicted molar refractivity (Wildman–Crippen MR) is 149 cm³/mol. The van der Waals surface area contributed by atoms with E-state index in [0.717, 1.165) is 76.6 Å². The van der Waals surface area contributed by atoms with E-state index in [4.69, 9.17) is 9.72 Å². The minimum absolute atomic E-state index is 0.159. The number of aromatic nitrogens is 1. The van der Waals surface area contributed by atoms with Gasteiger partial charge in [-0.15, -0.1) is 0 Å². The van der Waals surface area contributed by atoms with Crippen LogP contribution in [0, 0.1) is 11.7 Å². The van der Waals surface area contributed by atoms with E-state index in [2.05, 4.69) is 39.8 Å². The number of hydrogen-bond acceptors (Lipinski definition) is 5. The molecule has 0 amide bonds. The second-order valence-electron chi connectivity index (χ2n) is 10.1. The van der Waals surface area contributed by atoms with Crippen LogP contribution in [0.5, 0.6) is 0 Å². The van der Waals surface area contributed by atoms with Crippen molar-refractivity contribution in [3.05, 3.63) is 48.4 Å². The van der Waals surface area contributed by atoms with Gasteiger partial charge in [-0.3, -0.25) is 0 Å². The van der Waals surface area contributed by atoms with Gasteiger partial charge in [-0.2, -0.15) is 0 Å².